The van der Waals surface area contributed by atoms with Crippen LogP contribution < -0.4 is 14.9 Å². The molecule has 7 nitrogen and oxygen atoms in total. The first-order valence-electron chi connectivity index (χ1n) is 11.2. The normalized spacial score (nSPS) is 18.9. The quantitative estimate of drug-likeness (QED) is 0.439. The second-order valence-electron chi connectivity index (χ2n) is 8.86. The highest BCUT2D eigenvalue weighted by atomic mass is 79.9. The summed E-state index contributed by atoms with van der Waals surface area (Å²) in [7, 11) is 0.498. The van der Waals surface area contributed by atoms with Gasteiger partial charge in [-0.3, -0.25) is 0 Å². The van der Waals surface area contributed by atoms with Gasteiger partial charge in [-0.25, -0.2) is 18.1 Å². The zero-order chi connectivity index (χ0) is 23.4. The predicted molar refractivity (Wildman–Crippen MR) is 137 cm³/mol. The third-order valence-corrected chi connectivity index (χ3v) is 8.10. The molecule has 0 saturated heterocycles. The Balaban J connectivity index is 1.29. The minimum atomic E-state index is -3.48. The Hall–Kier alpha value is -2.23. The van der Waals surface area contributed by atoms with Crippen LogP contribution in [-0.2, 0) is 10.0 Å². The van der Waals surface area contributed by atoms with Crippen LogP contribution >= 0.6 is 15.9 Å². The van der Waals surface area contributed by atoms with E-state index in [0.717, 1.165) is 53.4 Å². The Morgan fingerprint density at radius 2 is 1.67 bits per heavy atom. The summed E-state index contributed by atoms with van der Waals surface area (Å²) < 4.78 is 28.7. The number of nitrogens with zero attached hydrogens (tertiary/aromatic N) is 3. The number of rotatable bonds is 8. The largest absolute Gasteiger partial charge is 0.362 e. The number of hydrogen-bond acceptors (Lipinski definition) is 6. The highest BCUT2D eigenvalue weighted by Crippen LogP contribution is 2.30. The van der Waals surface area contributed by atoms with Crippen molar-refractivity contribution < 1.29 is 8.42 Å². The molecule has 0 spiro atoms. The van der Waals surface area contributed by atoms with Gasteiger partial charge in [0.25, 0.3) is 0 Å². The summed E-state index contributed by atoms with van der Waals surface area (Å²) in [5, 5.41) is 4.48. The fraction of sp³-hybridized carbons (Fsp3) is 0.417. The van der Waals surface area contributed by atoms with Crippen LogP contribution in [0.1, 0.15) is 25.7 Å². The molecule has 1 aliphatic carbocycles. The standard InChI is InChI=1S/C24H30BrN5O2S/c1-30(2)23-21-8-3-4-9-22(21)28-24(29-23)26-15-17-10-12-18(13-11-17)16-27-33(31,32)20-7-5-6-19(25)14-20/h3-9,14,17-18,27H,10-13,15-16H2,1-2H3,(H,26,28,29)/t17-,18-. The molecule has 2 N–H and O–H groups in total. The van der Waals surface area contributed by atoms with Crippen LogP contribution in [-0.4, -0.2) is 45.6 Å². The number of anilines is 2. The maximum absolute atomic E-state index is 12.6. The average molecular weight is 533 g/mol. The molecule has 3 aromatic rings. The number of halogens is 1. The molecular formula is C24H30BrN5O2S. The summed E-state index contributed by atoms with van der Waals surface area (Å²) in [6.45, 7) is 1.30. The van der Waals surface area contributed by atoms with Crippen molar-refractivity contribution in [1.82, 2.24) is 14.7 Å². The number of nitrogens with one attached hydrogen (secondary N) is 2. The van der Waals surface area contributed by atoms with Gasteiger partial charge >= 0.3 is 0 Å². The SMILES string of the molecule is CN(C)c1nc(NC[C@H]2CC[C@H](CNS(=O)(=O)c3cccc(Br)c3)CC2)nc2ccccc12. The minimum absolute atomic E-state index is 0.294. The van der Waals surface area contributed by atoms with Crippen molar-refractivity contribution in [1.29, 1.82) is 0 Å². The van der Waals surface area contributed by atoms with Gasteiger partial charge in [0.15, 0.2) is 0 Å². The number of sulfonamides is 1. The minimum Gasteiger partial charge on any atom is -0.362 e. The Morgan fingerprint density at radius 1 is 0.970 bits per heavy atom. The van der Waals surface area contributed by atoms with Crippen LogP contribution in [0.15, 0.2) is 57.9 Å². The van der Waals surface area contributed by atoms with Crippen LogP contribution in [0.25, 0.3) is 10.9 Å². The molecule has 0 amide bonds. The fourth-order valence-corrected chi connectivity index (χ4v) is 6.01. The van der Waals surface area contributed by atoms with Crippen LogP contribution in [0.2, 0.25) is 0 Å². The van der Waals surface area contributed by atoms with Gasteiger partial charge in [0.2, 0.25) is 16.0 Å². The molecule has 0 unspecified atom stereocenters. The summed E-state index contributed by atoms with van der Waals surface area (Å²) in [5.74, 6) is 2.45. The number of hydrogen-bond donors (Lipinski definition) is 2. The summed E-state index contributed by atoms with van der Waals surface area (Å²) in [4.78, 5) is 11.7. The average Bonchev–Trinajstić information content (AvgIpc) is 2.81. The summed E-state index contributed by atoms with van der Waals surface area (Å²) in [5.41, 5.74) is 0.931. The number of aromatic nitrogens is 2. The highest BCUT2D eigenvalue weighted by molar-refractivity contribution is 9.10. The van der Waals surface area contributed by atoms with E-state index in [9.17, 15) is 8.42 Å². The molecule has 2 aromatic carbocycles. The predicted octanol–water partition coefficient (Wildman–Crippen LogP) is 4.66. The lowest BCUT2D eigenvalue weighted by atomic mass is 9.82. The van der Waals surface area contributed by atoms with E-state index in [1.807, 2.05) is 49.3 Å². The van der Waals surface area contributed by atoms with Crippen LogP contribution in [0.4, 0.5) is 11.8 Å². The van der Waals surface area contributed by atoms with E-state index in [-0.39, 0.29) is 0 Å². The maximum Gasteiger partial charge on any atom is 0.240 e. The highest BCUT2D eigenvalue weighted by Gasteiger charge is 2.23. The third-order valence-electron chi connectivity index (χ3n) is 6.19. The maximum atomic E-state index is 12.6. The number of para-hydroxylation sites is 1. The van der Waals surface area contributed by atoms with Crippen LogP contribution in [0.5, 0.6) is 0 Å². The molecule has 1 aliphatic rings. The Kier molecular flexibility index (Phi) is 7.51. The van der Waals surface area contributed by atoms with E-state index >= 15 is 0 Å². The van der Waals surface area contributed by atoms with Gasteiger partial charge in [0.05, 0.1) is 10.4 Å². The van der Waals surface area contributed by atoms with Crippen molar-refractivity contribution in [2.24, 2.45) is 11.8 Å². The molecule has 0 radical (unpaired) electrons. The molecule has 1 aromatic heterocycles. The van der Waals surface area contributed by atoms with Crippen molar-refractivity contribution in [3.63, 3.8) is 0 Å². The van der Waals surface area contributed by atoms with E-state index in [1.165, 1.54) is 0 Å². The first-order chi connectivity index (χ1) is 15.8. The zero-order valence-electron chi connectivity index (χ0n) is 19.0. The van der Waals surface area contributed by atoms with Crippen molar-refractivity contribution in [3.8, 4) is 0 Å². The number of benzene rings is 2. The second kappa shape index (κ2) is 10.4. The molecule has 0 bridgehead atoms. The third kappa shape index (κ3) is 6.02. The number of fused-ring (bicyclic) bond motifs is 1. The first-order valence-corrected chi connectivity index (χ1v) is 13.5. The van der Waals surface area contributed by atoms with E-state index in [4.69, 9.17) is 4.98 Å². The summed E-state index contributed by atoms with van der Waals surface area (Å²) >= 11 is 3.33. The molecule has 0 atom stereocenters. The molecule has 1 heterocycles. The smallest absolute Gasteiger partial charge is 0.240 e. The molecule has 0 aliphatic heterocycles. The van der Waals surface area contributed by atoms with E-state index in [1.54, 1.807) is 18.2 Å². The molecule has 4 rings (SSSR count). The fourth-order valence-electron chi connectivity index (χ4n) is 4.30. The van der Waals surface area contributed by atoms with E-state index in [2.05, 4.69) is 31.0 Å². The van der Waals surface area contributed by atoms with Gasteiger partial charge in [-0.1, -0.05) is 34.1 Å². The molecule has 33 heavy (non-hydrogen) atoms. The molecule has 9 heteroatoms. The van der Waals surface area contributed by atoms with Crippen LogP contribution in [0, 0.1) is 11.8 Å². The lowest BCUT2D eigenvalue weighted by molar-refractivity contribution is 0.284. The van der Waals surface area contributed by atoms with Gasteiger partial charge < -0.3 is 10.2 Å². The first kappa shape index (κ1) is 23.9. The second-order valence-corrected chi connectivity index (χ2v) is 11.5. The molecular weight excluding hydrogens is 502 g/mol. The van der Waals surface area contributed by atoms with E-state index in [0.29, 0.717) is 29.2 Å². The van der Waals surface area contributed by atoms with Crippen molar-refractivity contribution in [3.05, 3.63) is 53.0 Å². The monoisotopic (exact) mass is 531 g/mol. The zero-order valence-corrected chi connectivity index (χ0v) is 21.4. The summed E-state index contributed by atoms with van der Waals surface area (Å²) in [6, 6.07) is 14.8. The molecule has 1 saturated carbocycles. The lowest BCUT2D eigenvalue weighted by Gasteiger charge is -2.28. The van der Waals surface area contributed by atoms with Gasteiger partial charge in [-0.15, -0.1) is 0 Å². The summed E-state index contributed by atoms with van der Waals surface area (Å²) in [6.07, 6.45) is 4.14. The molecule has 176 valence electrons. The van der Waals surface area contributed by atoms with Crippen LogP contribution in [0.3, 0.4) is 0 Å². The van der Waals surface area contributed by atoms with Crippen molar-refractivity contribution in [2.45, 2.75) is 30.6 Å². The van der Waals surface area contributed by atoms with Gasteiger partial charge in [0, 0.05) is 37.0 Å². The van der Waals surface area contributed by atoms with Crippen molar-refractivity contribution in [2.75, 3.05) is 37.4 Å². The topological polar surface area (TPSA) is 87.2 Å². The van der Waals surface area contributed by atoms with E-state index < -0.39 is 10.0 Å². The molecule has 1 fully saturated rings. The Morgan fingerprint density at radius 3 is 2.36 bits per heavy atom. The van der Waals surface area contributed by atoms with Gasteiger partial charge in [-0.2, -0.15) is 4.98 Å². The van der Waals surface area contributed by atoms with Crippen molar-refractivity contribution >= 4 is 48.6 Å². The Labute approximate surface area is 204 Å². The van der Waals surface area contributed by atoms with Gasteiger partial charge in [-0.05, 0) is 67.9 Å². The Bertz CT molecular complexity index is 1210. The van der Waals surface area contributed by atoms with Gasteiger partial charge in [0.1, 0.15) is 5.82 Å². The lowest BCUT2D eigenvalue weighted by Crippen LogP contribution is -2.32.